The van der Waals surface area contributed by atoms with Crippen LogP contribution in [0.2, 0.25) is 0 Å². The average molecular weight is 365 g/mol. The Kier molecular flexibility index (Phi) is 3.85. The van der Waals surface area contributed by atoms with Gasteiger partial charge >= 0.3 is 0 Å². The third kappa shape index (κ3) is 2.50. The molecule has 2 unspecified atom stereocenters. The lowest BCUT2D eigenvalue weighted by Crippen LogP contribution is -2.42. The highest BCUT2D eigenvalue weighted by molar-refractivity contribution is 7.89. The van der Waals surface area contributed by atoms with Crippen LogP contribution in [0.5, 0.6) is 0 Å². The molecule has 2 aromatic rings. The molecule has 1 heterocycles. The number of sulfonamides is 1. The summed E-state index contributed by atoms with van der Waals surface area (Å²) in [5, 5.41) is 0. The first-order chi connectivity index (χ1) is 12.5. The highest BCUT2D eigenvalue weighted by Crippen LogP contribution is 2.41. The first-order valence-electron chi connectivity index (χ1n) is 8.12. The summed E-state index contributed by atoms with van der Waals surface area (Å²) in [6.45, 7) is 0. The van der Waals surface area contributed by atoms with Crippen LogP contribution in [0.25, 0.3) is 5.57 Å². The summed E-state index contributed by atoms with van der Waals surface area (Å²) in [4.78, 5) is 24.6. The zero-order valence-corrected chi connectivity index (χ0v) is 14.5. The molecule has 26 heavy (non-hydrogen) atoms. The molecule has 0 amide bonds. The second-order valence-corrected chi connectivity index (χ2v) is 8.00. The lowest BCUT2D eigenvalue weighted by Gasteiger charge is -2.28. The number of hydrogen-bond acceptors (Lipinski definition) is 4. The number of carbonyl (C=O) groups is 2. The van der Waals surface area contributed by atoms with Crippen molar-refractivity contribution in [2.24, 2.45) is 5.92 Å². The summed E-state index contributed by atoms with van der Waals surface area (Å²) >= 11 is 0. The molecule has 0 saturated heterocycles. The second-order valence-electron chi connectivity index (χ2n) is 6.15. The number of nitrogens with zero attached hydrogens (tertiary/aromatic N) is 1. The maximum Gasteiger partial charge on any atom is 0.264 e. The Balaban J connectivity index is 1.87. The Morgan fingerprint density at radius 3 is 2.12 bits per heavy atom. The van der Waals surface area contributed by atoms with Crippen LogP contribution < -0.4 is 0 Å². The van der Waals surface area contributed by atoms with E-state index in [0.717, 1.165) is 5.56 Å². The fourth-order valence-corrected chi connectivity index (χ4v) is 4.89. The van der Waals surface area contributed by atoms with E-state index in [9.17, 15) is 18.0 Å². The van der Waals surface area contributed by atoms with Crippen molar-refractivity contribution >= 4 is 27.2 Å². The monoisotopic (exact) mass is 365 g/mol. The molecule has 5 nitrogen and oxygen atoms in total. The lowest BCUT2D eigenvalue weighted by atomic mass is 9.82. The van der Waals surface area contributed by atoms with Crippen LogP contribution in [0.4, 0.5) is 0 Å². The molecule has 0 aromatic heterocycles. The molecule has 0 fully saturated rings. The van der Waals surface area contributed by atoms with Crippen LogP contribution in [-0.2, 0) is 19.6 Å². The molecule has 0 N–H and O–H groups in total. The summed E-state index contributed by atoms with van der Waals surface area (Å²) in [7, 11) is -3.85. The molecule has 0 spiro atoms. The van der Waals surface area contributed by atoms with Crippen molar-refractivity contribution in [3.63, 3.8) is 0 Å². The Labute approximate surface area is 151 Å². The second kappa shape index (κ2) is 6.07. The lowest BCUT2D eigenvalue weighted by molar-refractivity contribution is -0.136. The SMILES string of the molecule is O=C1C=CC2C(C1=O)C(c1ccccc1)=CN2S(=O)(=O)c1ccccc1. The molecular weight excluding hydrogens is 350 g/mol. The molecular formula is C20H15NO4S. The maximum atomic E-state index is 13.1. The number of benzene rings is 2. The number of fused-ring (bicyclic) bond motifs is 1. The fraction of sp³-hybridized carbons (Fsp3) is 0.100. The number of allylic oxidation sites excluding steroid dienone is 1. The molecule has 1 aliphatic carbocycles. The predicted octanol–water partition coefficient (Wildman–Crippen LogP) is 2.42. The number of hydrogen-bond donors (Lipinski definition) is 0. The van der Waals surface area contributed by atoms with Crippen LogP contribution in [0.3, 0.4) is 0 Å². The predicted molar refractivity (Wildman–Crippen MR) is 96.3 cm³/mol. The quantitative estimate of drug-likeness (QED) is 0.783. The van der Waals surface area contributed by atoms with Gasteiger partial charge in [-0.3, -0.25) is 13.9 Å². The smallest absolute Gasteiger partial charge is 0.264 e. The van der Waals surface area contributed by atoms with Gasteiger partial charge < -0.3 is 0 Å². The van der Waals surface area contributed by atoms with Gasteiger partial charge in [-0.15, -0.1) is 0 Å². The number of carbonyl (C=O) groups excluding carboxylic acids is 2. The molecule has 0 radical (unpaired) electrons. The van der Waals surface area contributed by atoms with E-state index in [-0.39, 0.29) is 4.90 Å². The summed E-state index contributed by atoms with van der Waals surface area (Å²) in [6, 6.07) is 16.4. The zero-order valence-electron chi connectivity index (χ0n) is 13.6. The summed E-state index contributed by atoms with van der Waals surface area (Å²) in [6.07, 6.45) is 4.15. The largest absolute Gasteiger partial charge is 0.290 e. The molecule has 2 aliphatic rings. The van der Waals surface area contributed by atoms with Crippen LogP contribution in [0.1, 0.15) is 5.56 Å². The Morgan fingerprint density at radius 2 is 1.46 bits per heavy atom. The standard InChI is InChI=1S/C20H15NO4S/c22-18-12-11-17-19(20(18)23)16(14-7-3-1-4-8-14)13-21(17)26(24,25)15-9-5-2-6-10-15/h1-13,17,19H. The van der Waals surface area contributed by atoms with Gasteiger partial charge in [0, 0.05) is 6.20 Å². The molecule has 0 bridgehead atoms. The first kappa shape index (κ1) is 16.5. The van der Waals surface area contributed by atoms with Gasteiger partial charge in [0.15, 0.2) is 0 Å². The highest BCUT2D eigenvalue weighted by Gasteiger charge is 2.47. The van der Waals surface area contributed by atoms with Gasteiger partial charge in [0.1, 0.15) is 0 Å². The summed E-state index contributed by atoms with van der Waals surface area (Å²) in [5.74, 6) is -2.02. The van der Waals surface area contributed by atoms with Crippen molar-refractivity contribution in [3.05, 3.63) is 84.6 Å². The van der Waals surface area contributed by atoms with Crippen molar-refractivity contribution in [1.82, 2.24) is 4.31 Å². The zero-order chi connectivity index (χ0) is 18.3. The van der Waals surface area contributed by atoms with E-state index in [1.165, 1.54) is 34.8 Å². The van der Waals surface area contributed by atoms with Gasteiger partial charge in [0.05, 0.1) is 16.9 Å². The molecule has 6 heteroatoms. The van der Waals surface area contributed by atoms with E-state index < -0.39 is 33.5 Å². The van der Waals surface area contributed by atoms with Gasteiger partial charge in [-0.2, -0.15) is 0 Å². The van der Waals surface area contributed by atoms with Crippen LogP contribution in [0, 0.1) is 5.92 Å². The van der Waals surface area contributed by atoms with Gasteiger partial charge in [0.25, 0.3) is 10.0 Å². The average Bonchev–Trinajstić information content (AvgIpc) is 3.07. The highest BCUT2D eigenvalue weighted by atomic mass is 32.2. The van der Waals surface area contributed by atoms with Gasteiger partial charge in [0.2, 0.25) is 11.6 Å². The number of rotatable bonds is 3. The van der Waals surface area contributed by atoms with E-state index >= 15 is 0 Å². The number of Topliss-reactive ketones (excluding diaryl/α,β-unsaturated/α-hetero) is 1. The van der Waals surface area contributed by atoms with E-state index in [1.54, 1.807) is 30.3 Å². The van der Waals surface area contributed by atoms with Crippen molar-refractivity contribution in [1.29, 1.82) is 0 Å². The minimum absolute atomic E-state index is 0.141. The molecule has 1 aliphatic heterocycles. The van der Waals surface area contributed by atoms with Gasteiger partial charge in [-0.1, -0.05) is 54.6 Å². The van der Waals surface area contributed by atoms with Crippen molar-refractivity contribution in [3.8, 4) is 0 Å². The fourth-order valence-electron chi connectivity index (χ4n) is 3.38. The van der Waals surface area contributed by atoms with Crippen molar-refractivity contribution in [2.45, 2.75) is 10.9 Å². The van der Waals surface area contributed by atoms with Crippen LogP contribution in [-0.4, -0.2) is 30.3 Å². The summed E-state index contributed by atoms with van der Waals surface area (Å²) < 4.78 is 27.4. The molecule has 2 atom stereocenters. The number of ketones is 2. The third-order valence-electron chi connectivity index (χ3n) is 4.63. The minimum atomic E-state index is -3.85. The normalized spacial score (nSPS) is 22.3. The van der Waals surface area contributed by atoms with E-state index in [2.05, 4.69) is 0 Å². The first-order valence-corrected chi connectivity index (χ1v) is 9.56. The molecule has 130 valence electrons. The topological polar surface area (TPSA) is 71.5 Å². The van der Waals surface area contributed by atoms with Crippen LogP contribution >= 0.6 is 0 Å². The molecule has 4 rings (SSSR count). The maximum absolute atomic E-state index is 13.1. The molecule has 0 saturated carbocycles. The van der Waals surface area contributed by atoms with E-state index in [0.29, 0.717) is 5.57 Å². The van der Waals surface area contributed by atoms with Crippen molar-refractivity contribution < 1.29 is 18.0 Å². The Hall–Kier alpha value is -2.99. The van der Waals surface area contributed by atoms with E-state index in [1.807, 2.05) is 18.2 Å². The van der Waals surface area contributed by atoms with Gasteiger partial charge in [-0.25, -0.2) is 8.42 Å². The third-order valence-corrected chi connectivity index (χ3v) is 6.40. The van der Waals surface area contributed by atoms with E-state index in [4.69, 9.17) is 0 Å². The summed E-state index contributed by atoms with van der Waals surface area (Å²) in [5.41, 5.74) is 1.27. The Bertz CT molecular complexity index is 1040. The molecule has 2 aromatic carbocycles. The Morgan fingerprint density at radius 1 is 0.846 bits per heavy atom. The van der Waals surface area contributed by atoms with Gasteiger partial charge in [-0.05, 0) is 29.3 Å². The van der Waals surface area contributed by atoms with Crippen molar-refractivity contribution in [2.75, 3.05) is 0 Å². The van der Waals surface area contributed by atoms with Crippen LogP contribution in [0.15, 0.2) is 83.9 Å². The minimum Gasteiger partial charge on any atom is -0.290 e.